The third-order valence-corrected chi connectivity index (χ3v) is 4.98. The summed E-state index contributed by atoms with van der Waals surface area (Å²) in [5.41, 5.74) is 11.1. The number of aromatic nitrogens is 1. The molecule has 0 amide bonds. The van der Waals surface area contributed by atoms with Gasteiger partial charge in [-0.05, 0) is 68.3 Å². The van der Waals surface area contributed by atoms with Crippen molar-refractivity contribution in [2.45, 2.75) is 51.9 Å². The molecule has 0 atom stereocenters. The number of hydrogen-bond acceptors (Lipinski definition) is 3. The summed E-state index contributed by atoms with van der Waals surface area (Å²) >= 11 is 0. The molecule has 3 heteroatoms. The molecule has 0 aromatic carbocycles. The summed E-state index contributed by atoms with van der Waals surface area (Å²) in [4.78, 5) is 4.95. The van der Waals surface area contributed by atoms with Crippen LogP contribution in [0.4, 0.5) is 5.69 Å². The monoisotopic (exact) mass is 285 g/mol. The Morgan fingerprint density at radius 3 is 2.67 bits per heavy atom. The van der Waals surface area contributed by atoms with E-state index in [0.29, 0.717) is 11.3 Å². The topological polar surface area (TPSA) is 50.9 Å². The van der Waals surface area contributed by atoms with Crippen molar-refractivity contribution in [1.82, 2.24) is 10.3 Å². The first kappa shape index (κ1) is 14.6. The molecule has 0 unspecified atom stereocenters. The van der Waals surface area contributed by atoms with E-state index in [1.54, 1.807) is 0 Å². The smallest absolute Gasteiger partial charge is 0.0891 e. The minimum atomic E-state index is 0.422. The number of hydrogen-bond donors (Lipinski definition) is 2. The fourth-order valence-corrected chi connectivity index (χ4v) is 3.38. The maximum atomic E-state index is 6.20. The summed E-state index contributed by atoms with van der Waals surface area (Å²) in [5, 5.41) is 3.42. The highest BCUT2D eigenvalue weighted by Crippen LogP contribution is 2.39. The maximum absolute atomic E-state index is 6.20. The van der Waals surface area contributed by atoms with Gasteiger partial charge in [0.25, 0.3) is 0 Å². The molecule has 1 aliphatic heterocycles. The van der Waals surface area contributed by atoms with Crippen molar-refractivity contribution in [2.75, 3.05) is 18.8 Å². The molecule has 3 N–H and O–H groups in total. The van der Waals surface area contributed by atoms with Crippen LogP contribution in [0.3, 0.4) is 0 Å². The third kappa shape index (κ3) is 3.29. The number of nitrogens with zero attached hydrogens (tertiary/aromatic N) is 1. The van der Waals surface area contributed by atoms with Crippen LogP contribution in [-0.2, 0) is 0 Å². The van der Waals surface area contributed by atoms with Gasteiger partial charge in [-0.2, -0.15) is 0 Å². The average molecular weight is 285 g/mol. The normalized spacial score (nSPS) is 22.9. The first-order valence-electron chi connectivity index (χ1n) is 8.22. The van der Waals surface area contributed by atoms with Crippen LogP contribution in [0.2, 0.25) is 0 Å². The minimum Gasteiger partial charge on any atom is -0.397 e. The fraction of sp³-hybridized carbons (Fsp3) is 0.611. The van der Waals surface area contributed by atoms with E-state index in [2.05, 4.69) is 37.4 Å². The molecule has 1 aliphatic carbocycles. The van der Waals surface area contributed by atoms with Crippen molar-refractivity contribution < 1.29 is 0 Å². The Bertz CT molecular complexity index is 539. The predicted octanol–water partition coefficient (Wildman–Crippen LogP) is 3.72. The zero-order valence-electron chi connectivity index (χ0n) is 13.3. The lowest BCUT2D eigenvalue weighted by Crippen LogP contribution is -2.27. The van der Waals surface area contributed by atoms with E-state index in [-0.39, 0.29) is 0 Å². The number of nitrogen functional groups attached to an aromatic ring is 1. The molecular weight excluding hydrogens is 258 g/mol. The molecule has 2 aliphatic rings. The van der Waals surface area contributed by atoms with Crippen LogP contribution in [0.5, 0.6) is 0 Å². The lowest BCUT2D eigenvalue weighted by molar-refractivity contribution is 0.334. The second-order valence-corrected chi connectivity index (χ2v) is 7.30. The number of piperidine rings is 1. The van der Waals surface area contributed by atoms with Gasteiger partial charge in [-0.15, -0.1) is 0 Å². The van der Waals surface area contributed by atoms with Crippen LogP contribution in [0, 0.1) is 5.41 Å². The summed E-state index contributed by atoms with van der Waals surface area (Å²) in [7, 11) is 0. The van der Waals surface area contributed by atoms with Gasteiger partial charge in [0.1, 0.15) is 0 Å². The summed E-state index contributed by atoms with van der Waals surface area (Å²) in [6.45, 7) is 6.87. The number of allylic oxidation sites excluding steroid dienone is 2. The Labute approximate surface area is 128 Å². The zero-order valence-corrected chi connectivity index (χ0v) is 13.3. The summed E-state index contributed by atoms with van der Waals surface area (Å²) < 4.78 is 0. The molecule has 1 aromatic rings. The van der Waals surface area contributed by atoms with Gasteiger partial charge in [0, 0.05) is 11.6 Å². The second-order valence-electron chi connectivity index (χ2n) is 7.30. The first-order chi connectivity index (χ1) is 10.1. The number of nitrogens with two attached hydrogens (primary N) is 1. The Balaban J connectivity index is 1.86. The molecule has 3 nitrogen and oxygen atoms in total. The van der Waals surface area contributed by atoms with Crippen molar-refractivity contribution in [3.63, 3.8) is 0 Å². The fourth-order valence-electron chi connectivity index (χ4n) is 3.38. The molecule has 21 heavy (non-hydrogen) atoms. The number of nitrogens with one attached hydrogen (secondary N) is 1. The molecule has 2 heterocycles. The Kier molecular flexibility index (Phi) is 4.03. The van der Waals surface area contributed by atoms with Crippen LogP contribution >= 0.6 is 0 Å². The molecule has 114 valence electrons. The van der Waals surface area contributed by atoms with E-state index in [1.165, 1.54) is 30.5 Å². The van der Waals surface area contributed by atoms with Gasteiger partial charge in [0.15, 0.2) is 0 Å². The van der Waals surface area contributed by atoms with Crippen LogP contribution in [0.1, 0.15) is 63.3 Å². The standard InChI is InChI=1S/C18H27N3/c1-18(2)9-5-14(6-10-18)17-15(19)3-4-16(21-17)13-7-11-20-12-8-13/h3-5,13,20H,6-12,19H2,1-2H3. The quantitative estimate of drug-likeness (QED) is 0.870. The molecule has 1 saturated heterocycles. The van der Waals surface area contributed by atoms with Gasteiger partial charge < -0.3 is 11.1 Å². The molecule has 1 aromatic heterocycles. The van der Waals surface area contributed by atoms with Gasteiger partial charge in [0.2, 0.25) is 0 Å². The van der Waals surface area contributed by atoms with Gasteiger partial charge in [-0.3, -0.25) is 4.98 Å². The van der Waals surface area contributed by atoms with Gasteiger partial charge >= 0.3 is 0 Å². The second kappa shape index (κ2) is 5.80. The highest BCUT2D eigenvalue weighted by atomic mass is 14.9. The highest BCUT2D eigenvalue weighted by molar-refractivity contribution is 5.72. The number of anilines is 1. The lowest BCUT2D eigenvalue weighted by Gasteiger charge is -2.29. The van der Waals surface area contributed by atoms with Gasteiger partial charge in [-0.25, -0.2) is 0 Å². The van der Waals surface area contributed by atoms with Crippen LogP contribution < -0.4 is 11.1 Å². The molecule has 0 spiro atoms. The molecule has 1 fully saturated rings. The van der Waals surface area contributed by atoms with E-state index in [9.17, 15) is 0 Å². The third-order valence-electron chi connectivity index (χ3n) is 4.98. The highest BCUT2D eigenvalue weighted by Gasteiger charge is 2.24. The largest absolute Gasteiger partial charge is 0.397 e. The van der Waals surface area contributed by atoms with Crippen molar-refractivity contribution in [2.24, 2.45) is 5.41 Å². The SMILES string of the molecule is CC1(C)CC=C(c2nc(C3CCNCC3)ccc2N)CC1. The van der Waals surface area contributed by atoms with Crippen molar-refractivity contribution >= 4 is 11.3 Å². The minimum absolute atomic E-state index is 0.422. The van der Waals surface area contributed by atoms with E-state index in [4.69, 9.17) is 10.7 Å². The predicted molar refractivity (Wildman–Crippen MR) is 89.1 cm³/mol. The van der Waals surface area contributed by atoms with Crippen LogP contribution in [-0.4, -0.2) is 18.1 Å². The molecular formula is C18H27N3. The molecule has 0 saturated carbocycles. The molecule has 0 radical (unpaired) electrons. The summed E-state index contributed by atoms with van der Waals surface area (Å²) in [6, 6.07) is 4.18. The van der Waals surface area contributed by atoms with E-state index in [0.717, 1.165) is 37.3 Å². The Morgan fingerprint density at radius 1 is 1.24 bits per heavy atom. The van der Waals surface area contributed by atoms with E-state index >= 15 is 0 Å². The van der Waals surface area contributed by atoms with Gasteiger partial charge in [0.05, 0.1) is 11.4 Å². The van der Waals surface area contributed by atoms with Crippen molar-refractivity contribution in [1.29, 1.82) is 0 Å². The van der Waals surface area contributed by atoms with Crippen LogP contribution in [0.25, 0.3) is 5.57 Å². The first-order valence-corrected chi connectivity index (χ1v) is 8.22. The van der Waals surface area contributed by atoms with Gasteiger partial charge in [-0.1, -0.05) is 19.9 Å². The maximum Gasteiger partial charge on any atom is 0.0891 e. The van der Waals surface area contributed by atoms with E-state index < -0.39 is 0 Å². The average Bonchev–Trinajstić information content (AvgIpc) is 2.49. The zero-order chi connectivity index (χ0) is 14.9. The summed E-state index contributed by atoms with van der Waals surface area (Å²) in [5.74, 6) is 0.589. The Hall–Kier alpha value is -1.35. The number of pyridine rings is 1. The van der Waals surface area contributed by atoms with E-state index in [1.807, 2.05) is 0 Å². The Morgan fingerprint density at radius 2 is 2.00 bits per heavy atom. The van der Waals surface area contributed by atoms with Crippen molar-refractivity contribution in [3.8, 4) is 0 Å². The lowest BCUT2D eigenvalue weighted by atomic mass is 9.77. The van der Waals surface area contributed by atoms with Crippen molar-refractivity contribution in [3.05, 3.63) is 29.6 Å². The van der Waals surface area contributed by atoms with Crippen LogP contribution in [0.15, 0.2) is 18.2 Å². The summed E-state index contributed by atoms with van der Waals surface area (Å²) in [6.07, 6.45) is 8.16. The number of rotatable bonds is 2. The molecule has 0 bridgehead atoms. The molecule has 3 rings (SSSR count).